The Morgan fingerprint density at radius 3 is 1.82 bits per heavy atom. The Balaban J connectivity index is 1.27. The van der Waals surface area contributed by atoms with Crippen LogP contribution in [-0.2, 0) is 9.53 Å². The first-order chi connectivity index (χ1) is 18.6. The number of esters is 1. The molecule has 3 aliphatic carbocycles. The predicted molar refractivity (Wildman–Crippen MR) is 159 cm³/mol. The lowest BCUT2D eigenvalue weighted by atomic mass is 9.68. The van der Waals surface area contributed by atoms with Gasteiger partial charge in [0.05, 0.1) is 17.4 Å². The van der Waals surface area contributed by atoms with Gasteiger partial charge in [-0.3, -0.25) is 4.79 Å². The van der Waals surface area contributed by atoms with Crippen LogP contribution in [0.5, 0.6) is 0 Å². The van der Waals surface area contributed by atoms with Gasteiger partial charge in [0.15, 0.2) is 0 Å². The van der Waals surface area contributed by atoms with Crippen molar-refractivity contribution in [3.8, 4) is 6.07 Å². The van der Waals surface area contributed by atoms with Crippen LogP contribution in [0.3, 0.4) is 0 Å². The van der Waals surface area contributed by atoms with Crippen LogP contribution in [0.2, 0.25) is 0 Å². The van der Waals surface area contributed by atoms with Gasteiger partial charge in [-0.25, -0.2) is 0 Å². The molecule has 3 heteroatoms. The first-order valence-corrected chi connectivity index (χ1v) is 17.2. The summed E-state index contributed by atoms with van der Waals surface area (Å²) in [6.07, 6.45) is 31.2. The molecule has 0 radical (unpaired) electrons. The van der Waals surface area contributed by atoms with Gasteiger partial charge in [-0.15, -0.1) is 0 Å². The van der Waals surface area contributed by atoms with Crippen LogP contribution in [0.4, 0.5) is 0 Å². The van der Waals surface area contributed by atoms with Crippen LogP contribution < -0.4 is 0 Å². The quantitative estimate of drug-likeness (QED) is 0.148. The van der Waals surface area contributed by atoms with Crippen molar-refractivity contribution in [1.82, 2.24) is 0 Å². The van der Waals surface area contributed by atoms with E-state index in [9.17, 15) is 10.1 Å². The lowest BCUT2D eigenvalue weighted by molar-refractivity contribution is -0.158. The molecule has 0 heterocycles. The Hall–Kier alpha value is -1.04. The van der Waals surface area contributed by atoms with Crippen molar-refractivity contribution < 1.29 is 9.53 Å². The molecule has 0 N–H and O–H groups in total. The molecule has 0 spiro atoms. The minimum Gasteiger partial charge on any atom is -0.462 e. The van der Waals surface area contributed by atoms with Gasteiger partial charge in [-0.05, 0) is 88.4 Å². The van der Waals surface area contributed by atoms with Crippen molar-refractivity contribution in [1.29, 1.82) is 5.26 Å². The van der Waals surface area contributed by atoms with Crippen LogP contribution in [0, 0.1) is 40.4 Å². The van der Waals surface area contributed by atoms with E-state index >= 15 is 0 Å². The fraction of sp³-hybridized carbons (Fsp3) is 0.943. The van der Waals surface area contributed by atoms with Crippen molar-refractivity contribution in [3.63, 3.8) is 0 Å². The Morgan fingerprint density at radius 2 is 1.24 bits per heavy atom. The van der Waals surface area contributed by atoms with Gasteiger partial charge in [0, 0.05) is 0 Å². The number of nitrogens with zero attached hydrogens (tertiary/aromatic N) is 1. The van der Waals surface area contributed by atoms with Gasteiger partial charge in [-0.1, -0.05) is 104 Å². The molecule has 218 valence electrons. The molecule has 3 saturated carbocycles. The third-order valence-electron chi connectivity index (χ3n) is 10.8. The van der Waals surface area contributed by atoms with Crippen molar-refractivity contribution >= 4 is 5.97 Å². The number of nitriles is 1. The fourth-order valence-electron chi connectivity index (χ4n) is 7.99. The highest BCUT2D eigenvalue weighted by atomic mass is 16.5. The second-order valence-corrected chi connectivity index (χ2v) is 13.6. The molecule has 0 saturated heterocycles. The summed E-state index contributed by atoms with van der Waals surface area (Å²) in [6.45, 7) is 4.54. The molecule has 0 aromatic rings. The van der Waals surface area contributed by atoms with E-state index in [2.05, 4.69) is 19.9 Å². The summed E-state index contributed by atoms with van der Waals surface area (Å²) >= 11 is 0. The Labute approximate surface area is 236 Å². The topological polar surface area (TPSA) is 50.1 Å². The molecule has 0 amide bonds. The summed E-state index contributed by atoms with van der Waals surface area (Å²) in [6, 6.07) is 2.66. The molecule has 3 fully saturated rings. The summed E-state index contributed by atoms with van der Waals surface area (Å²) in [5, 5.41) is 9.88. The van der Waals surface area contributed by atoms with E-state index in [1.807, 2.05) is 0 Å². The number of ether oxygens (including phenoxy) is 1. The SMILES string of the molecule is CCCCCCCCC1CCC(C2CCC(C(=O)OC3CCC(C#N)(CCCCCCC)CC3)CC2)CC1. The van der Waals surface area contributed by atoms with E-state index in [0.717, 1.165) is 62.7 Å². The maximum Gasteiger partial charge on any atom is 0.309 e. The molecule has 3 nitrogen and oxygen atoms in total. The molecule has 0 bridgehead atoms. The number of hydrogen-bond acceptors (Lipinski definition) is 3. The fourth-order valence-corrected chi connectivity index (χ4v) is 7.99. The highest BCUT2D eigenvalue weighted by molar-refractivity contribution is 5.72. The molecule has 38 heavy (non-hydrogen) atoms. The zero-order chi connectivity index (χ0) is 27.1. The van der Waals surface area contributed by atoms with Crippen LogP contribution in [0.15, 0.2) is 0 Å². The molecular formula is C35H61NO2. The summed E-state index contributed by atoms with van der Waals surface area (Å²) in [4.78, 5) is 13.0. The van der Waals surface area contributed by atoms with Crippen molar-refractivity contribution in [2.24, 2.45) is 29.1 Å². The maximum atomic E-state index is 13.0. The number of carbonyl (C=O) groups excluding carboxylic acids is 1. The molecule has 0 atom stereocenters. The lowest BCUT2D eigenvalue weighted by Gasteiger charge is -2.38. The van der Waals surface area contributed by atoms with Gasteiger partial charge in [0.2, 0.25) is 0 Å². The number of rotatable bonds is 16. The average Bonchev–Trinajstić information content (AvgIpc) is 2.96. The third-order valence-corrected chi connectivity index (χ3v) is 10.8. The van der Waals surface area contributed by atoms with Crippen LogP contribution in [0.1, 0.15) is 174 Å². The van der Waals surface area contributed by atoms with E-state index < -0.39 is 0 Å². The summed E-state index contributed by atoms with van der Waals surface area (Å²) < 4.78 is 6.04. The first-order valence-electron chi connectivity index (χ1n) is 17.2. The molecule has 0 aromatic carbocycles. The highest BCUT2D eigenvalue weighted by Gasteiger charge is 2.38. The predicted octanol–water partition coefficient (Wildman–Crippen LogP) is 10.7. The zero-order valence-corrected chi connectivity index (χ0v) is 25.3. The Bertz CT molecular complexity index is 673. The maximum absolute atomic E-state index is 13.0. The highest BCUT2D eigenvalue weighted by Crippen LogP contribution is 2.44. The minimum absolute atomic E-state index is 0.0451. The first kappa shape index (κ1) is 31.5. The zero-order valence-electron chi connectivity index (χ0n) is 25.3. The summed E-state index contributed by atoms with van der Waals surface area (Å²) in [5.41, 5.74) is -0.166. The molecule has 3 rings (SSSR count). The van der Waals surface area contributed by atoms with E-state index in [-0.39, 0.29) is 23.4 Å². The van der Waals surface area contributed by atoms with Crippen LogP contribution >= 0.6 is 0 Å². The second-order valence-electron chi connectivity index (χ2n) is 13.6. The van der Waals surface area contributed by atoms with Crippen LogP contribution in [0.25, 0.3) is 0 Å². The largest absolute Gasteiger partial charge is 0.462 e. The van der Waals surface area contributed by atoms with Gasteiger partial charge in [-0.2, -0.15) is 5.26 Å². The molecule has 3 aliphatic rings. The van der Waals surface area contributed by atoms with Gasteiger partial charge >= 0.3 is 5.97 Å². The number of carbonyl (C=O) groups is 1. The smallest absolute Gasteiger partial charge is 0.309 e. The van der Waals surface area contributed by atoms with Crippen LogP contribution in [-0.4, -0.2) is 12.1 Å². The normalized spacial score (nSPS) is 32.0. The van der Waals surface area contributed by atoms with Crippen molar-refractivity contribution in [3.05, 3.63) is 0 Å². The summed E-state index contributed by atoms with van der Waals surface area (Å²) in [7, 11) is 0. The number of hydrogen-bond donors (Lipinski definition) is 0. The van der Waals surface area contributed by atoms with Gasteiger partial charge in [0.25, 0.3) is 0 Å². The third kappa shape index (κ3) is 10.5. The number of unbranched alkanes of at least 4 members (excludes halogenated alkanes) is 9. The lowest BCUT2D eigenvalue weighted by Crippen LogP contribution is -2.34. The van der Waals surface area contributed by atoms with Crippen molar-refractivity contribution in [2.45, 2.75) is 180 Å². The molecule has 0 unspecified atom stereocenters. The van der Waals surface area contributed by atoms with Gasteiger partial charge < -0.3 is 4.74 Å². The monoisotopic (exact) mass is 527 g/mol. The second kappa shape index (κ2) is 17.6. The molecule has 0 aliphatic heterocycles. The Morgan fingerprint density at radius 1 is 0.711 bits per heavy atom. The van der Waals surface area contributed by atoms with Gasteiger partial charge in [0.1, 0.15) is 6.10 Å². The van der Waals surface area contributed by atoms with E-state index in [1.165, 1.54) is 116 Å². The molecule has 0 aromatic heterocycles. The standard InChI is InChI=1S/C35H61NO2/c1-3-5-7-9-10-12-14-29-15-17-30(18-16-29)31-19-21-32(22-20-31)34(37)38-33-23-26-35(28-36,27-24-33)25-13-11-8-6-4-2/h29-33H,3-27H2,1-2H3. The van der Waals surface area contributed by atoms with Crippen molar-refractivity contribution in [2.75, 3.05) is 0 Å². The minimum atomic E-state index is -0.166. The Kier molecular flexibility index (Phi) is 14.6. The van der Waals surface area contributed by atoms with E-state index in [0.29, 0.717) is 0 Å². The average molecular weight is 528 g/mol. The van der Waals surface area contributed by atoms with E-state index in [1.54, 1.807) is 0 Å². The molecular weight excluding hydrogens is 466 g/mol. The summed E-state index contributed by atoms with van der Waals surface area (Å²) in [5.74, 6) is 2.93. The van der Waals surface area contributed by atoms with E-state index in [4.69, 9.17) is 4.74 Å².